The highest BCUT2D eigenvalue weighted by Crippen LogP contribution is 2.30. The predicted molar refractivity (Wildman–Crippen MR) is 102 cm³/mol. The smallest absolute Gasteiger partial charge is 0.264 e. The summed E-state index contributed by atoms with van der Waals surface area (Å²) in [6.45, 7) is 1.83. The molecule has 1 heterocycles. The minimum absolute atomic E-state index is 0.215. The maximum Gasteiger partial charge on any atom is 0.264 e. The summed E-state index contributed by atoms with van der Waals surface area (Å²) in [6, 6.07) is -2.35. The van der Waals surface area contributed by atoms with Gasteiger partial charge in [0.05, 0.1) is 36.6 Å². The van der Waals surface area contributed by atoms with Crippen LogP contribution in [0.15, 0.2) is 0 Å². The van der Waals surface area contributed by atoms with Gasteiger partial charge in [0, 0.05) is 13.2 Å². The molecule has 1 saturated heterocycles. The van der Waals surface area contributed by atoms with Crippen LogP contribution in [0.5, 0.6) is 0 Å². The van der Waals surface area contributed by atoms with E-state index in [0.717, 1.165) is 6.26 Å². The van der Waals surface area contributed by atoms with Gasteiger partial charge >= 0.3 is 0 Å². The molecule has 1 saturated carbocycles. The van der Waals surface area contributed by atoms with Gasteiger partial charge in [-0.1, -0.05) is 0 Å². The van der Waals surface area contributed by atoms with E-state index >= 15 is 0 Å². The number of aliphatic hydroxyl groups excluding tert-OH is 1. The van der Waals surface area contributed by atoms with E-state index < -0.39 is 58.9 Å². The van der Waals surface area contributed by atoms with Crippen LogP contribution in [0.1, 0.15) is 19.8 Å². The maximum atomic E-state index is 11.7. The van der Waals surface area contributed by atoms with Crippen LogP contribution in [-0.2, 0) is 28.5 Å². The van der Waals surface area contributed by atoms with E-state index in [1.807, 2.05) is 6.92 Å². The van der Waals surface area contributed by atoms with Crippen molar-refractivity contribution in [2.75, 3.05) is 20.4 Å². The SMILES string of the molecule is CNC1C(O)C(OC2OC(C(C)N)CCC2N)C(N)C(OS(C)(=O)=O)C1OC. The number of nitrogens with two attached hydrogens (primary N) is 3. The Morgan fingerprint density at radius 2 is 1.86 bits per heavy atom. The second-order valence-electron chi connectivity index (χ2n) is 7.59. The fourth-order valence-corrected chi connectivity index (χ4v) is 4.49. The van der Waals surface area contributed by atoms with Crippen molar-refractivity contribution in [3.63, 3.8) is 0 Å². The number of ether oxygens (including phenoxy) is 3. The van der Waals surface area contributed by atoms with Crippen LogP contribution in [0.3, 0.4) is 0 Å². The van der Waals surface area contributed by atoms with Crippen molar-refractivity contribution in [1.82, 2.24) is 5.32 Å². The van der Waals surface area contributed by atoms with Crippen LogP contribution in [0.2, 0.25) is 0 Å². The number of methoxy groups -OCH3 is 1. The first-order chi connectivity index (χ1) is 13.0. The Hall–Kier alpha value is -0.410. The first kappa shape index (κ1) is 23.9. The van der Waals surface area contributed by atoms with Gasteiger partial charge in [-0.05, 0) is 26.8 Å². The van der Waals surface area contributed by atoms with Crippen molar-refractivity contribution in [3.8, 4) is 0 Å². The summed E-state index contributed by atoms with van der Waals surface area (Å²) in [6.07, 6.45) is -2.83. The number of rotatable bonds is 7. The molecule has 2 rings (SSSR count). The minimum atomic E-state index is -3.83. The molecule has 10 atom stereocenters. The van der Waals surface area contributed by atoms with E-state index in [9.17, 15) is 13.5 Å². The molecule has 12 heteroatoms. The first-order valence-electron chi connectivity index (χ1n) is 9.34. The summed E-state index contributed by atoms with van der Waals surface area (Å²) in [5.74, 6) is 0. The van der Waals surface area contributed by atoms with E-state index in [1.54, 1.807) is 7.05 Å². The van der Waals surface area contributed by atoms with Gasteiger partial charge < -0.3 is 41.8 Å². The summed E-state index contributed by atoms with van der Waals surface area (Å²) in [7, 11) is -0.832. The highest BCUT2D eigenvalue weighted by atomic mass is 32.2. The lowest BCUT2D eigenvalue weighted by Gasteiger charge is -2.48. The molecular weight excluding hydrogens is 392 g/mol. The lowest BCUT2D eigenvalue weighted by molar-refractivity contribution is -0.261. The van der Waals surface area contributed by atoms with Crippen molar-refractivity contribution < 1.29 is 31.9 Å². The van der Waals surface area contributed by atoms with Crippen molar-refractivity contribution in [2.45, 2.75) is 80.7 Å². The van der Waals surface area contributed by atoms with Gasteiger partial charge in [-0.3, -0.25) is 4.18 Å². The molecule has 8 N–H and O–H groups in total. The van der Waals surface area contributed by atoms with Crippen LogP contribution >= 0.6 is 0 Å². The molecule has 10 unspecified atom stereocenters. The van der Waals surface area contributed by atoms with Crippen LogP contribution in [-0.4, -0.2) is 94.9 Å². The van der Waals surface area contributed by atoms with E-state index in [4.69, 9.17) is 35.6 Å². The number of likely N-dealkylation sites (N-methyl/N-ethyl adjacent to an activating group) is 1. The number of nitrogens with one attached hydrogen (secondary N) is 1. The van der Waals surface area contributed by atoms with Crippen LogP contribution in [0.25, 0.3) is 0 Å². The molecule has 0 aromatic carbocycles. The fourth-order valence-electron chi connectivity index (χ4n) is 3.85. The van der Waals surface area contributed by atoms with E-state index in [-0.39, 0.29) is 12.1 Å². The summed E-state index contributed by atoms with van der Waals surface area (Å²) in [5, 5.41) is 13.8. The van der Waals surface area contributed by atoms with Crippen molar-refractivity contribution in [1.29, 1.82) is 0 Å². The Labute approximate surface area is 166 Å². The highest BCUT2D eigenvalue weighted by molar-refractivity contribution is 7.86. The Morgan fingerprint density at radius 3 is 2.36 bits per heavy atom. The van der Waals surface area contributed by atoms with Crippen molar-refractivity contribution in [2.24, 2.45) is 17.2 Å². The third kappa shape index (κ3) is 5.39. The van der Waals surface area contributed by atoms with Gasteiger partial charge in [0.15, 0.2) is 6.29 Å². The van der Waals surface area contributed by atoms with E-state index in [2.05, 4.69) is 5.32 Å². The summed E-state index contributed by atoms with van der Waals surface area (Å²) < 4.78 is 45.9. The number of aliphatic hydroxyl groups is 1. The Morgan fingerprint density at radius 1 is 1.21 bits per heavy atom. The molecule has 0 amide bonds. The molecule has 0 spiro atoms. The molecule has 2 aliphatic rings. The Balaban J connectivity index is 2.25. The van der Waals surface area contributed by atoms with Crippen LogP contribution in [0, 0.1) is 0 Å². The molecule has 0 aromatic heterocycles. The monoisotopic (exact) mass is 426 g/mol. The number of hydrogen-bond acceptors (Lipinski definition) is 11. The fraction of sp³-hybridized carbons (Fsp3) is 1.00. The van der Waals surface area contributed by atoms with Gasteiger partial charge in [0.1, 0.15) is 18.3 Å². The quantitative estimate of drug-likeness (QED) is 0.265. The average Bonchev–Trinajstić information content (AvgIpc) is 2.60. The zero-order valence-electron chi connectivity index (χ0n) is 16.7. The van der Waals surface area contributed by atoms with E-state index in [0.29, 0.717) is 12.8 Å². The molecule has 0 aromatic rings. The predicted octanol–water partition coefficient (Wildman–Crippen LogP) is -2.80. The molecule has 0 radical (unpaired) electrons. The maximum absolute atomic E-state index is 11.7. The number of hydrogen-bond donors (Lipinski definition) is 5. The normalized spacial score (nSPS) is 43.6. The van der Waals surface area contributed by atoms with Gasteiger partial charge in [-0.2, -0.15) is 8.42 Å². The molecule has 11 nitrogen and oxygen atoms in total. The average molecular weight is 427 g/mol. The second kappa shape index (κ2) is 9.60. The van der Waals surface area contributed by atoms with Gasteiger partial charge in [0.25, 0.3) is 10.1 Å². The molecule has 166 valence electrons. The highest BCUT2D eigenvalue weighted by Gasteiger charge is 2.52. The molecule has 28 heavy (non-hydrogen) atoms. The third-order valence-electron chi connectivity index (χ3n) is 5.35. The lowest BCUT2D eigenvalue weighted by Crippen LogP contribution is -2.72. The topological polar surface area (TPSA) is 181 Å². The first-order valence-corrected chi connectivity index (χ1v) is 11.2. The summed E-state index contributed by atoms with van der Waals surface area (Å²) >= 11 is 0. The zero-order valence-corrected chi connectivity index (χ0v) is 17.5. The lowest BCUT2D eigenvalue weighted by atomic mass is 9.81. The van der Waals surface area contributed by atoms with E-state index in [1.165, 1.54) is 7.11 Å². The van der Waals surface area contributed by atoms with Gasteiger partial charge in [0.2, 0.25) is 0 Å². The molecule has 2 fully saturated rings. The van der Waals surface area contributed by atoms with Crippen LogP contribution < -0.4 is 22.5 Å². The zero-order chi connectivity index (χ0) is 21.2. The Bertz CT molecular complexity index is 608. The third-order valence-corrected chi connectivity index (χ3v) is 5.92. The molecule has 0 bridgehead atoms. The standard InChI is InChI=1S/C16H34N4O7S/c1-7(17)9-6-5-8(18)16(25-9)26-13-10(19)14(27-28(4,22)23)15(24-3)11(20-2)12(13)21/h7-16,20-21H,5-6,17-19H2,1-4H3. The Kier molecular flexibility index (Phi) is 8.18. The van der Waals surface area contributed by atoms with Crippen molar-refractivity contribution in [3.05, 3.63) is 0 Å². The molecule has 1 aliphatic heterocycles. The molecular formula is C16H34N4O7S. The van der Waals surface area contributed by atoms with Crippen LogP contribution in [0.4, 0.5) is 0 Å². The largest absolute Gasteiger partial charge is 0.389 e. The summed E-state index contributed by atoms with van der Waals surface area (Å²) in [4.78, 5) is 0. The van der Waals surface area contributed by atoms with Gasteiger partial charge in [-0.15, -0.1) is 0 Å². The van der Waals surface area contributed by atoms with Crippen molar-refractivity contribution >= 4 is 10.1 Å². The summed E-state index contributed by atoms with van der Waals surface area (Å²) in [5.41, 5.74) is 18.3. The van der Waals surface area contributed by atoms with Gasteiger partial charge in [-0.25, -0.2) is 0 Å². The second-order valence-corrected chi connectivity index (χ2v) is 9.19. The molecule has 1 aliphatic carbocycles. The minimum Gasteiger partial charge on any atom is -0.389 e.